The van der Waals surface area contributed by atoms with Crippen LogP contribution < -0.4 is 22.5 Å². The van der Waals surface area contributed by atoms with Crippen molar-refractivity contribution in [2.75, 3.05) is 24.6 Å². The fourth-order valence-electron chi connectivity index (χ4n) is 5.63. The number of aromatic nitrogens is 5. The lowest BCUT2D eigenvalue weighted by atomic mass is 9.73. The van der Waals surface area contributed by atoms with E-state index in [1.165, 1.54) is 23.0 Å². The van der Waals surface area contributed by atoms with E-state index < -0.39 is 0 Å². The summed E-state index contributed by atoms with van der Waals surface area (Å²) in [4.78, 5) is 14.1. The largest absolute Gasteiger partial charge is 0.382 e. The summed E-state index contributed by atoms with van der Waals surface area (Å²) < 4.78 is 2.17. The second-order valence-electron chi connectivity index (χ2n) is 9.18. The summed E-state index contributed by atoms with van der Waals surface area (Å²) >= 11 is 7.62. The number of rotatable bonds is 3. The van der Waals surface area contributed by atoms with E-state index in [0.29, 0.717) is 15.9 Å². The second-order valence-corrected chi connectivity index (χ2v) is 10.6. The van der Waals surface area contributed by atoms with Gasteiger partial charge in [0.25, 0.3) is 0 Å². The zero-order chi connectivity index (χ0) is 22.7. The fraction of sp³-hybridized carbons (Fsp3) is 0.455. The number of nitrogens with two attached hydrogens (primary N) is 3. The van der Waals surface area contributed by atoms with Gasteiger partial charge in [-0.05, 0) is 44.8 Å². The van der Waals surface area contributed by atoms with Crippen LogP contribution in [-0.2, 0) is 13.0 Å². The highest BCUT2D eigenvalue weighted by Gasteiger charge is 2.49. The van der Waals surface area contributed by atoms with Gasteiger partial charge in [-0.3, -0.25) is 4.68 Å². The molecule has 7 N–H and O–H groups in total. The van der Waals surface area contributed by atoms with E-state index in [9.17, 15) is 0 Å². The molecule has 0 saturated carbocycles. The Kier molecular flexibility index (Phi) is 5.02. The molecule has 172 valence electrons. The summed E-state index contributed by atoms with van der Waals surface area (Å²) in [6.45, 7) is 2.93. The number of piperidine rings is 1. The Morgan fingerprint density at radius 1 is 1.18 bits per heavy atom. The summed E-state index contributed by atoms with van der Waals surface area (Å²) in [5.74, 6) is 0.766. The number of anilines is 2. The molecule has 5 heterocycles. The average Bonchev–Trinajstić information content (AvgIpc) is 3.43. The first-order valence-electron chi connectivity index (χ1n) is 11.2. The average molecular weight is 484 g/mol. The molecule has 2 aliphatic heterocycles. The lowest BCUT2D eigenvalue weighted by Crippen LogP contribution is -2.42. The number of fused-ring (bicyclic) bond motifs is 3. The molecule has 1 saturated heterocycles. The van der Waals surface area contributed by atoms with E-state index in [4.69, 9.17) is 38.9 Å². The Labute approximate surface area is 200 Å². The number of nitrogen functional groups attached to an aromatic ring is 2. The highest BCUT2D eigenvalue weighted by atomic mass is 35.5. The Hall–Kier alpha value is -2.40. The van der Waals surface area contributed by atoms with E-state index in [0.717, 1.165) is 61.6 Å². The molecule has 1 spiro atoms. The van der Waals surface area contributed by atoms with Crippen molar-refractivity contribution in [3.8, 4) is 0 Å². The van der Waals surface area contributed by atoms with Gasteiger partial charge >= 0.3 is 0 Å². The minimum atomic E-state index is -0.00382. The van der Waals surface area contributed by atoms with Gasteiger partial charge in [0.15, 0.2) is 5.82 Å². The summed E-state index contributed by atoms with van der Waals surface area (Å²) in [6.07, 6.45) is 7.46. The maximum absolute atomic E-state index is 6.90. The van der Waals surface area contributed by atoms with Crippen molar-refractivity contribution in [1.29, 1.82) is 0 Å². The van der Waals surface area contributed by atoms with Crippen LogP contribution in [0.25, 0.3) is 0 Å². The van der Waals surface area contributed by atoms with Crippen LogP contribution in [0.4, 0.5) is 11.6 Å². The second kappa shape index (κ2) is 7.83. The van der Waals surface area contributed by atoms with E-state index in [1.54, 1.807) is 12.3 Å². The van der Waals surface area contributed by atoms with Gasteiger partial charge in [-0.2, -0.15) is 5.10 Å². The lowest BCUT2D eigenvalue weighted by molar-refractivity contribution is 0.157. The van der Waals surface area contributed by atoms with Crippen molar-refractivity contribution in [2.24, 2.45) is 11.1 Å². The van der Waals surface area contributed by atoms with Crippen molar-refractivity contribution in [2.45, 2.75) is 54.1 Å². The van der Waals surface area contributed by atoms with Crippen LogP contribution in [0.3, 0.4) is 0 Å². The minimum absolute atomic E-state index is 0.00382. The predicted octanol–water partition coefficient (Wildman–Crippen LogP) is 2.50. The van der Waals surface area contributed by atoms with E-state index in [-0.39, 0.29) is 23.2 Å². The molecular formula is C22H26ClN9S. The molecule has 2 atom stereocenters. The van der Waals surface area contributed by atoms with E-state index in [1.807, 2.05) is 6.20 Å². The van der Waals surface area contributed by atoms with Gasteiger partial charge in [0.1, 0.15) is 10.8 Å². The fourth-order valence-corrected chi connectivity index (χ4v) is 6.65. The van der Waals surface area contributed by atoms with Crippen LogP contribution in [-0.4, -0.2) is 37.8 Å². The summed E-state index contributed by atoms with van der Waals surface area (Å²) in [7, 11) is 0. The number of hydrogen-bond acceptors (Lipinski definition) is 9. The Bertz CT molecular complexity index is 1240. The molecule has 0 radical (unpaired) electrons. The molecule has 2 unspecified atom stereocenters. The Morgan fingerprint density at radius 3 is 2.79 bits per heavy atom. The lowest BCUT2D eigenvalue weighted by Gasteiger charge is -2.37. The topological polar surface area (TPSA) is 147 Å². The van der Waals surface area contributed by atoms with Crippen molar-refractivity contribution in [3.05, 3.63) is 46.1 Å². The third kappa shape index (κ3) is 3.30. The number of hydrogen-bond donors (Lipinski definition) is 4. The van der Waals surface area contributed by atoms with E-state index >= 15 is 0 Å². The van der Waals surface area contributed by atoms with Crippen LogP contribution in [0, 0.1) is 5.41 Å². The first-order chi connectivity index (χ1) is 16.0. The van der Waals surface area contributed by atoms with Crippen LogP contribution in [0.5, 0.6) is 0 Å². The summed E-state index contributed by atoms with van der Waals surface area (Å²) in [5.41, 5.74) is 23.6. The number of aryl methyl sites for hydroxylation is 1. The van der Waals surface area contributed by atoms with Crippen molar-refractivity contribution >= 4 is 35.0 Å². The standard InChI is InChI=1S/C22H26ClN9S/c23-16-14(3-6-28-19(16)25)33-21-20(26)30-13(9-29-21)11-1-2-12-15(11)17-18(24)22(10-32(17)31-12)4-7-27-8-5-22/h3,6,9,11,18,27H,1-2,4-5,7-8,10,24H2,(H2,25,28)(H2,26,30). The maximum atomic E-state index is 6.90. The van der Waals surface area contributed by atoms with Crippen molar-refractivity contribution in [1.82, 2.24) is 30.0 Å². The molecule has 9 nitrogen and oxygen atoms in total. The highest BCUT2D eigenvalue weighted by Crippen LogP contribution is 2.52. The quantitative estimate of drug-likeness (QED) is 0.441. The van der Waals surface area contributed by atoms with Crippen LogP contribution in [0.2, 0.25) is 5.02 Å². The SMILES string of the molecule is Nc1nc(C2CCc3nn4c(c32)C(N)C2(CCNCC2)C4)cnc1Sc1ccnc(N)c1Cl. The normalized spacial score (nSPS) is 23.1. The van der Waals surface area contributed by atoms with Gasteiger partial charge in [0.05, 0.1) is 34.3 Å². The molecule has 1 fully saturated rings. The van der Waals surface area contributed by atoms with Gasteiger partial charge < -0.3 is 22.5 Å². The van der Waals surface area contributed by atoms with Gasteiger partial charge in [-0.25, -0.2) is 15.0 Å². The van der Waals surface area contributed by atoms with Crippen molar-refractivity contribution < 1.29 is 0 Å². The molecule has 1 aliphatic carbocycles. The third-order valence-corrected chi connectivity index (χ3v) is 8.95. The first kappa shape index (κ1) is 21.2. The molecule has 3 aromatic heterocycles. The monoisotopic (exact) mass is 483 g/mol. The molecular weight excluding hydrogens is 458 g/mol. The molecule has 0 amide bonds. The maximum Gasteiger partial charge on any atom is 0.156 e. The molecule has 3 aromatic rings. The van der Waals surface area contributed by atoms with Crippen molar-refractivity contribution in [3.63, 3.8) is 0 Å². The number of nitrogens with one attached hydrogen (secondary N) is 1. The zero-order valence-corrected chi connectivity index (χ0v) is 19.7. The number of pyridine rings is 1. The van der Waals surface area contributed by atoms with Gasteiger partial charge in [-0.15, -0.1) is 0 Å². The smallest absolute Gasteiger partial charge is 0.156 e. The van der Waals surface area contributed by atoms with Crippen LogP contribution in [0.15, 0.2) is 28.4 Å². The Morgan fingerprint density at radius 2 is 2.00 bits per heavy atom. The van der Waals surface area contributed by atoms with Gasteiger partial charge in [0, 0.05) is 34.5 Å². The third-order valence-electron chi connectivity index (χ3n) is 7.37. The molecule has 3 aliphatic rings. The Balaban J connectivity index is 1.31. The minimum Gasteiger partial charge on any atom is -0.382 e. The first-order valence-corrected chi connectivity index (χ1v) is 12.4. The molecule has 0 bridgehead atoms. The molecule has 11 heteroatoms. The highest BCUT2D eigenvalue weighted by molar-refractivity contribution is 7.99. The van der Waals surface area contributed by atoms with E-state index in [2.05, 4.69) is 20.0 Å². The van der Waals surface area contributed by atoms with Crippen LogP contribution in [0.1, 0.15) is 53.9 Å². The number of halogens is 1. The summed E-state index contributed by atoms with van der Waals surface area (Å²) in [6, 6.07) is 1.78. The predicted molar refractivity (Wildman–Crippen MR) is 128 cm³/mol. The molecule has 0 aromatic carbocycles. The summed E-state index contributed by atoms with van der Waals surface area (Å²) in [5, 5.41) is 9.41. The van der Waals surface area contributed by atoms with Gasteiger partial charge in [0.2, 0.25) is 0 Å². The molecule has 33 heavy (non-hydrogen) atoms. The van der Waals surface area contributed by atoms with Gasteiger partial charge in [-0.1, -0.05) is 23.4 Å². The zero-order valence-electron chi connectivity index (χ0n) is 18.1. The molecule has 6 rings (SSSR count). The number of nitrogens with zero attached hydrogens (tertiary/aromatic N) is 5. The van der Waals surface area contributed by atoms with Crippen LogP contribution >= 0.6 is 23.4 Å².